The minimum Gasteiger partial charge on any atom is -0.383 e. The molecular weight excluding hydrogens is 548 g/mol. The Labute approximate surface area is 243 Å². The second-order valence-electron chi connectivity index (χ2n) is 11.9. The standard InChI is InChI=1S/C30H34ClF2N7O/c1-7-18-14-34-26-21(25(18)35-16-29(3,4)5)12-19(13-22(26)31)36-27(20-8-9-24(41)39(6)17(20)2)23-15-40(38-37-23)30(10-11-30)28(32)33/h1,8-9,12-15,27-28,36-38H,10-11,16H2,2-6H3,(H,34,35)/t27-/m0/s1. The third kappa shape index (κ3) is 5.44. The molecule has 1 aromatic carbocycles. The highest BCUT2D eigenvalue weighted by Gasteiger charge is 2.56. The zero-order valence-electron chi connectivity index (χ0n) is 23.7. The number of hydrogen-bond donors (Lipinski definition) is 4. The summed E-state index contributed by atoms with van der Waals surface area (Å²) in [6.07, 6.45) is 7.39. The van der Waals surface area contributed by atoms with Crippen LogP contribution in [-0.4, -0.2) is 33.1 Å². The molecule has 2 aromatic heterocycles. The maximum absolute atomic E-state index is 13.9. The van der Waals surface area contributed by atoms with Gasteiger partial charge in [-0.05, 0) is 48.9 Å². The number of hydrazine groups is 2. The van der Waals surface area contributed by atoms with E-state index < -0.39 is 18.0 Å². The largest absolute Gasteiger partial charge is 0.383 e. The minimum absolute atomic E-state index is 0.0103. The summed E-state index contributed by atoms with van der Waals surface area (Å²) >= 11 is 6.75. The van der Waals surface area contributed by atoms with Gasteiger partial charge < -0.3 is 20.6 Å². The van der Waals surface area contributed by atoms with Crippen molar-refractivity contribution in [3.05, 3.63) is 74.6 Å². The first-order chi connectivity index (χ1) is 19.3. The Hall–Kier alpha value is -3.81. The molecule has 216 valence electrons. The zero-order valence-corrected chi connectivity index (χ0v) is 24.5. The summed E-state index contributed by atoms with van der Waals surface area (Å²) in [5, 5.41) is 9.63. The maximum Gasteiger partial charge on any atom is 0.262 e. The van der Waals surface area contributed by atoms with E-state index in [1.54, 1.807) is 36.1 Å². The van der Waals surface area contributed by atoms with Crippen molar-refractivity contribution in [1.29, 1.82) is 0 Å². The molecule has 5 rings (SSSR count). The van der Waals surface area contributed by atoms with E-state index in [4.69, 9.17) is 18.0 Å². The van der Waals surface area contributed by atoms with Gasteiger partial charge in [0, 0.05) is 48.8 Å². The molecule has 0 spiro atoms. The van der Waals surface area contributed by atoms with Crippen molar-refractivity contribution in [3.8, 4) is 12.3 Å². The van der Waals surface area contributed by atoms with Gasteiger partial charge in [-0.3, -0.25) is 14.8 Å². The lowest BCUT2D eigenvalue weighted by atomic mass is 9.96. The molecule has 41 heavy (non-hydrogen) atoms. The van der Waals surface area contributed by atoms with E-state index in [0.29, 0.717) is 46.9 Å². The van der Waals surface area contributed by atoms with Gasteiger partial charge in [-0.2, -0.15) is 0 Å². The average Bonchev–Trinajstić information content (AvgIpc) is 3.59. The van der Waals surface area contributed by atoms with Gasteiger partial charge in [-0.1, -0.05) is 38.3 Å². The number of alkyl halides is 2. The van der Waals surface area contributed by atoms with Crippen molar-refractivity contribution in [1.82, 2.24) is 25.5 Å². The topological polar surface area (TPSA) is 86.2 Å². The van der Waals surface area contributed by atoms with E-state index >= 15 is 0 Å². The third-order valence-corrected chi connectivity index (χ3v) is 7.99. The first-order valence-corrected chi connectivity index (χ1v) is 13.8. The molecule has 1 fully saturated rings. The molecule has 1 aliphatic carbocycles. The van der Waals surface area contributed by atoms with Crippen LogP contribution in [-0.2, 0) is 7.05 Å². The summed E-state index contributed by atoms with van der Waals surface area (Å²) < 4.78 is 29.3. The summed E-state index contributed by atoms with van der Waals surface area (Å²) in [5.74, 6) is 2.71. The average molecular weight is 582 g/mol. The number of anilines is 2. The molecule has 3 aromatic rings. The maximum atomic E-state index is 13.9. The monoisotopic (exact) mass is 581 g/mol. The summed E-state index contributed by atoms with van der Waals surface area (Å²) in [6.45, 7) is 8.88. The van der Waals surface area contributed by atoms with Crippen LogP contribution < -0.4 is 27.2 Å². The summed E-state index contributed by atoms with van der Waals surface area (Å²) in [5.41, 5.74) is 9.32. The second-order valence-corrected chi connectivity index (χ2v) is 12.3. The van der Waals surface area contributed by atoms with Crippen molar-refractivity contribution in [3.63, 3.8) is 0 Å². The molecule has 0 amide bonds. The van der Waals surface area contributed by atoms with E-state index in [-0.39, 0.29) is 11.0 Å². The van der Waals surface area contributed by atoms with Crippen molar-refractivity contribution < 1.29 is 8.78 Å². The van der Waals surface area contributed by atoms with Crippen LogP contribution in [0.5, 0.6) is 0 Å². The number of rotatable bonds is 8. The highest BCUT2D eigenvalue weighted by Crippen LogP contribution is 2.47. The molecule has 11 heteroatoms. The zero-order chi connectivity index (χ0) is 29.7. The first-order valence-electron chi connectivity index (χ1n) is 13.4. The molecule has 0 bridgehead atoms. The Balaban J connectivity index is 1.60. The molecule has 2 aliphatic rings. The third-order valence-electron chi connectivity index (χ3n) is 7.70. The quantitative estimate of drug-likeness (QED) is 0.263. The molecule has 3 heterocycles. The lowest BCUT2D eigenvalue weighted by molar-refractivity contribution is 0.00911. The van der Waals surface area contributed by atoms with Crippen LogP contribution >= 0.6 is 11.6 Å². The van der Waals surface area contributed by atoms with E-state index in [9.17, 15) is 13.6 Å². The van der Waals surface area contributed by atoms with Crippen LogP contribution in [0.25, 0.3) is 10.9 Å². The van der Waals surface area contributed by atoms with Crippen molar-refractivity contribution in [2.75, 3.05) is 17.2 Å². The van der Waals surface area contributed by atoms with Crippen LogP contribution in [0, 0.1) is 24.7 Å². The van der Waals surface area contributed by atoms with E-state index in [1.165, 1.54) is 11.1 Å². The number of terminal acetylenes is 1. The van der Waals surface area contributed by atoms with Gasteiger partial charge in [0.25, 0.3) is 6.43 Å². The van der Waals surface area contributed by atoms with Gasteiger partial charge in [-0.15, -0.1) is 12.0 Å². The highest BCUT2D eigenvalue weighted by molar-refractivity contribution is 6.35. The fourth-order valence-electron chi connectivity index (χ4n) is 4.95. The van der Waals surface area contributed by atoms with Crippen LogP contribution in [0.3, 0.4) is 0 Å². The van der Waals surface area contributed by atoms with E-state index in [2.05, 4.69) is 53.3 Å². The van der Waals surface area contributed by atoms with Crippen LogP contribution in [0.15, 0.2) is 47.2 Å². The van der Waals surface area contributed by atoms with Crippen molar-refractivity contribution >= 4 is 33.9 Å². The molecular formula is C30H34ClF2N7O. The van der Waals surface area contributed by atoms with Gasteiger partial charge in [0.15, 0.2) is 0 Å². The van der Waals surface area contributed by atoms with E-state index in [1.807, 2.05) is 13.0 Å². The summed E-state index contributed by atoms with van der Waals surface area (Å²) in [6, 6.07) is 6.39. The minimum atomic E-state index is -2.51. The number of nitrogens with zero attached hydrogens (tertiary/aromatic N) is 3. The number of pyridine rings is 2. The molecule has 0 unspecified atom stereocenters. The predicted molar refractivity (Wildman–Crippen MR) is 160 cm³/mol. The number of nitrogens with one attached hydrogen (secondary N) is 4. The Morgan fingerprint density at radius 2 is 2.00 bits per heavy atom. The molecule has 0 saturated heterocycles. The molecule has 1 saturated carbocycles. The summed E-state index contributed by atoms with van der Waals surface area (Å²) in [4.78, 5) is 16.9. The van der Waals surface area contributed by atoms with Crippen LogP contribution in [0.2, 0.25) is 5.02 Å². The van der Waals surface area contributed by atoms with Crippen LogP contribution in [0.1, 0.15) is 56.5 Å². The van der Waals surface area contributed by atoms with Gasteiger partial charge in [0.2, 0.25) is 5.56 Å². The van der Waals surface area contributed by atoms with Gasteiger partial charge in [0.1, 0.15) is 5.54 Å². The SMILES string of the molecule is C#Cc1cnc2c(Cl)cc(N[C@H](C3=CN(C4(C(F)F)CC4)NN3)c3ccc(=O)n(C)c3C)cc2c1NCC(C)(C)C. The number of benzene rings is 1. The van der Waals surface area contributed by atoms with Gasteiger partial charge in [-0.25, -0.2) is 8.78 Å². The predicted octanol–water partition coefficient (Wildman–Crippen LogP) is 5.45. The van der Waals surface area contributed by atoms with Crippen molar-refractivity contribution in [2.45, 2.75) is 58.5 Å². The smallest absolute Gasteiger partial charge is 0.262 e. The molecule has 0 radical (unpaired) electrons. The number of halogens is 3. The first kappa shape index (κ1) is 28.7. The Bertz CT molecular complexity index is 1630. The number of aromatic nitrogens is 2. The van der Waals surface area contributed by atoms with Gasteiger partial charge >= 0.3 is 0 Å². The number of hydrogen-bond acceptors (Lipinski definition) is 7. The molecule has 4 N–H and O–H groups in total. The lowest BCUT2D eigenvalue weighted by Crippen LogP contribution is -2.48. The van der Waals surface area contributed by atoms with E-state index in [0.717, 1.165) is 22.3 Å². The fourth-order valence-corrected chi connectivity index (χ4v) is 5.22. The molecule has 8 nitrogen and oxygen atoms in total. The Kier molecular flexibility index (Phi) is 7.38. The number of fused-ring (bicyclic) bond motifs is 1. The van der Waals surface area contributed by atoms with Gasteiger partial charge in [0.05, 0.1) is 33.5 Å². The molecule has 1 atom stereocenters. The molecule has 1 aliphatic heterocycles. The summed E-state index contributed by atoms with van der Waals surface area (Å²) in [7, 11) is 1.70. The normalized spacial score (nSPS) is 16.8. The Morgan fingerprint density at radius 3 is 2.63 bits per heavy atom. The fraction of sp³-hybridized carbons (Fsp3) is 0.400. The second kappa shape index (κ2) is 10.5. The van der Waals surface area contributed by atoms with Crippen LogP contribution in [0.4, 0.5) is 20.2 Å². The highest BCUT2D eigenvalue weighted by atomic mass is 35.5. The van der Waals surface area contributed by atoms with Crippen molar-refractivity contribution in [2.24, 2.45) is 12.5 Å². The lowest BCUT2D eigenvalue weighted by Gasteiger charge is -2.25. The Morgan fingerprint density at radius 1 is 1.27 bits per heavy atom.